The van der Waals surface area contributed by atoms with Crippen LogP contribution in [0.5, 0.6) is 0 Å². The van der Waals surface area contributed by atoms with Crippen molar-refractivity contribution in [3.05, 3.63) is 0 Å². The van der Waals surface area contributed by atoms with Crippen LogP contribution < -0.4 is 0 Å². The molecule has 2 rings (SSSR count). The summed E-state index contributed by atoms with van der Waals surface area (Å²) in [5.74, 6) is 1.40. The molecule has 0 bridgehead atoms. The van der Waals surface area contributed by atoms with Gasteiger partial charge in [0.2, 0.25) is 0 Å². The second-order valence-corrected chi connectivity index (χ2v) is 3.36. The van der Waals surface area contributed by atoms with Gasteiger partial charge in [0.1, 0.15) is 0 Å². The van der Waals surface area contributed by atoms with Crippen molar-refractivity contribution in [2.75, 3.05) is 13.2 Å². The van der Waals surface area contributed by atoms with E-state index in [9.17, 15) is 0 Å². The number of ether oxygens (including phenoxy) is 2. The lowest BCUT2D eigenvalue weighted by molar-refractivity contribution is -0.151. The highest BCUT2D eigenvalue weighted by Gasteiger charge is 2.36. The van der Waals surface area contributed by atoms with Gasteiger partial charge in [0.05, 0.1) is 6.61 Å². The molecule has 2 heterocycles. The van der Waals surface area contributed by atoms with Crippen LogP contribution in [0.25, 0.3) is 0 Å². The van der Waals surface area contributed by atoms with Crippen molar-refractivity contribution in [3.63, 3.8) is 0 Å². The van der Waals surface area contributed by atoms with Crippen molar-refractivity contribution < 1.29 is 9.47 Å². The van der Waals surface area contributed by atoms with Gasteiger partial charge in [-0.15, -0.1) is 0 Å². The third kappa shape index (κ3) is 0.956. The minimum Gasteiger partial charge on any atom is -0.352 e. The van der Waals surface area contributed by atoms with Gasteiger partial charge in [0, 0.05) is 12.5 Å². The molecule has 0 spiro atoms. The second-order valence-electron chi connectivity index (χ2n) is 3.36. The topological polar surface area (TPSA) is 18.5 Å². The standard InChI is InChI=1S/C8H14O2/c1-6-5-10-8-7(6)3-2-4-9-8/h6-8H,2-5H2,1H3/t6?,7-,8+/m1/s1. The first-order valence-corrected chi connectivity index (χ1v) is 4.11. The summed E-state index contributed by atoms with van der Waals surface area (Å²) in [5.41, 5.74) is 0. The SMILES string of the molecule is CC1CO[C@@H]2OCCC[C@H]12. The fraction of sp³-hybridized carbons (Fsp3) is 1.00. The van der Waals surface area contributed by atoms with E-state index in [2.05, 4.69) is 6.92 Å². The van der Waals surface area contributed by atoms with Gasteiger partial charge in [0.15, 0.2) is 6.29 Å². The van der Waals surface area contributed by atoms with Crippen LogP contribution in [0.1, 0.15) is 19.8 Å². The monoisotopic (exact) mass is 142 g/mol. The van der Waals surface area contributed by atoms with Gasteiger partial charge in [-0.25, -0.2) is 0 Å². The number of rotatable bonds is 0. The minimum atomic E-state index is 0.142. The Kier molecular flexibility index (Phi) is 1.66. The third-order valence-corrected chi connectivity index (χ3v) is 2.57. The van der Waals surface area contributed by atoms with E-state index >= 15 is 0 Å². The van der Waals surface area contributed by atoms with E-state index in [1.165, 1.54) is 12.8 Å². The van der Waals surface area contributed by atoms with Crippen LogP contribution in [0.3, 0.4) is 0 Å². The first kappa shape index (κ1) is 6.62. The summed E-state index contributed by atoms with van der Waals surface area (Å²) in [7, 11) is 0. The second kappa shape index (κ2) is 2.51. The Morgan fingerprint density at radius 3 is 3.00 bits per heavy atom. The highest BCUT2D eigenvalue weighted by molar-refractivity contribution is 4.78. The van der Waals surface area contributed by atoms with Crippen LogP contribution in [0.4, 0.5) is 0 Å². The first-order valence-electron chi connectivity index (χ1n) is 4.11. The molecule has 3 atom stereocenters. The summed E-state index contributed by atoms with van der Waals surface area (Å²) in [4.78, 5) is 0. The van der Waals surface area contributed by atoms with Gasteiger partial charge in [-0.05, 0) is 18.8 Å². The van der Waals surface area contributed by atoms with Gasteiger partial charge in [-0.3, -0.25) is 0 Å². The first-order chi connectivity index (χ1) is 4.88. The normalized spacial score (nSPS) is 47.1. The summed E-state index contributed by atoms with van der Waals surface area (Å²) in [6.45, 7) is 4.04. The van der Waals surface area contributed by atoms with Crippen LogP contribution in [0, 0.1) is 11.8 Å². The van der Waals surface area contributed by atoms with Gasteiger partial charge in [-0.2, -0.15) is 0 Å². The summed E-state index contributed by atoms with van der Waals surface area (Å²) < 4.78 is 10.9. The average Bonchev–Trinajstić information content (AvgIpc) is 2.34. The smallest absolute Gasteiger partial charge is 0.160 e. The van der Waals surface area contributed by atoms with Crippen LogP contribution in [0.2, 0.25) is 0 Å². The van der Waals surface area contributed by atoms with Crippen molar-refractivity contribution in [2.45, 2.75) is 26.1 Å². The predicted molar refractivity (Wildman–Crippen MR) is 37.6 cm³/mol. The van der Waals surface area contributed by atoms with Crippen LogP contribution in [-0.4, -0.2) is 19.5 Å². The molecule has 2 fully saturated rings. The molecule has 2 aliphatic rings. The summed E-state index contributed by atoms with van der Waals surface area (Å²) in [6, 6.07) is 0. The Morgan fingerprint density at radius 2 is 2.20 bits per heavy atom. The van der Waals surface area contributed by atoms with Gasteiger partial charge >= 0.3 is 0 Å². The average molecular weight is 142 g/mol. The Labute approximate surface area is 61.5 Å². The fourth-order valence-corrected chi connectivity index (χ4v) is 1.87. The lowest BCUT2D eigenvalue weighted by atomic mass is 9.91. The van der Waals surface area contributed by atoms with E-state index in [1.54, 1.807) is 0 Å². The molecule has 2 heteroatoms. The van der Waals surface area contributed by atoms with Crippen molar-refractivity contribution in [1.29, 1.82) is 0 Å². The molecule has 2 nitrogen and oxygen atoms in total. The number of hydrogen-bond acceptors (Lipinski definition) is 2. The Morgan fingerprint density at radius 1 is 1.30 bits per heavy atom. The molecule has 2 saturated heterocycles. The molecular weight excluding hydrogens is 128 g/mol. The zero-order valence-electron chi connectivity index (χ0n) is 6.38. The Bertz CT molecular complexity index is 122. The van der Waals surface area contributed by atoms with Crippen molar-refractivity contribution >= 4 is 0 Å². The molecule has 10 heavy (non-hydrogen) atoms. The van der Waals surface area contributed by atoms with Crippen LogP contribution in [0.15, 0.2) is 0 Å². The summed E-state index contributed by atoms with van der Waals surface area (Å²) >= 11 is 0. The molecule has 2 aliphatic heterocycles. The maximum Gasteiger partial charge on any atom is 0.160 e. The molecule has 0 aromatic rings. The Hall–Kier alpha value is -0.0800. The lowest BCUT2D eigenvalue weighted by Gasteiger charge is -2.25. The highest BCUT2D eigenvalue weighted by atomic mass is 16.7. The fourth-order valence-electron chi connectivity index (χ4n) is 1.87. The highest BCUT2D eigenvalue weighted by Crippen LogP contribution is 2.34. The van der Waals surface area contributed by atoms with Gasteiger partial charge < -0.3 is 9.47 Å². The number of fused-ring (bicyclic) bond motifs is 1. The van der Waals surface area contributed by atoms with Gasteiger partial charge in [-0.1, -0.05) is 6.92 Å². The van der Waals surface area contributed by atoms with E-state index in [4.69, 9.17) is 9.47 Å². The van der Waals surface area contributed by atoms with Crippen molar-refractivity contribution in [2.24, 2.45) is 11.8 Å². The van der Waals surface area contributed by atoms with Crippen LogP contribution >= 0.6 is 0 Å². The predicted octanol–water partition coefficient (Wildman–Crippen LogP) is 1.41. The maximum atomic E-state index is 5.45. The molecule has 1 unspecified atom stereocenters. The molecule has 0 aromatic carbocycles. The van der Waals surface area contributed by atoms with E-state index in [1.807, 2.05) is 0 Å². The molecule has 0 saturated carbocycles. The van der Waals surface area contributed by atoms with E-state index in [0.29, 0.717) is 11.8 Å². The third-order valence-electron chi connectivity index (χ3n) is 2.57. The molecule has 0 radical (unpaired) electrons. The zero-order chi connectivity index (χ0) is 6.97. The summed E-state index contributed by atoms with van der Waals surface area (Å²) in [6.07, 6.45) is 2.66. The number of hydrogen-bond donors (Lipinski definition) is 0. The molecule has 0 N–H and O–H groups in total. The summed E-state index contributed by atoms with van der Waals surface area (Å²) in [5, 5.41) is 0. The quantitative estimate of drug-likeness (QED) is 0.509. The largest absolute Gasteiger partial charge is 0.352 e. The maximum absolute atomic E-state index is 5.45. The zero-order valence-corrected chi connectivity index (χ0v) is 6.38. The minimum absolute atomic E-state index is 0.142. The van der Waals surface area contributed by atoms with Crippen molar-refractivity contribution in [1.82, 2.24) is 0 Å². The molecular formula is C8H14O2. The lowest BCUT2D eigenvalue weighted by Crippen LogP contribution is -2.27. The van der Waals surface area contributed by atoms with Gasteiger partial charge in [0.25, 0.3) is 0 Å². The van der Waals surface area contributed by atoms with E-state index in [0.717, 1.165) is 13.2 Å². The van der Waals surface area contributed by atoms with E-state index in [-0.39, 0.29) is 6.29 Å². The molecule has 0 aliphatic carbocycles. The van der Waals surface area contributed by atoms with Crippen molar-refractivity contribution in [3.8, 4) is 0 Å². The van der Waals surface area contributed by atoms with E-state index < -0.39 is 0 Å². The molecule has 0 aromatic heterocycles. The van der Waals surface area contributed by atoms with Crippen LogP contribution in [-0.2, 0) is 9.47 Å². The molecule has 0 amide bonds. The molecule has 58 valence electrons. The Balaban J connectivity index is 2.01.